The molecule has 138 valence electrons. The Morgan fingerprint density at radius 3 is 2.72 bits per heavy atom. The number of alkyl halides is 3. The van der Waals surface area contributed by atoms with Crippen LogP contribution in [0.3, 0.4) is 0 Å². The van der Waals surface area contributed by atoms with E-state index in [1.54, 1.807) is 6.92 Å². The lowest BCUT2D eigenvalue weighted by Crippen LogP contribution is -2.47. The molecule has 1 aliphatic heterocycles. The molecule has 2 heterocycles. The second-order valence-electron chi connectivity index (χ2n) is 5.93. The van der Waals surface area contributed by atoms with E-state index in [1.807, 2.05) is 0 Å². The molecule has 9 heteroatoms. The lowest BCUT2D eigenvalue weighted by atomic mass is 9.97. The summed E-state index contributed by atoms with van der Waals surface area (Å²) in [6, 6.07) is 1.78. The summed E-state index contributed by atoms with van der Waals surface area (Å²) in [4.78, 5) is 37.6. The number of carbonyl (C=O) groups is 2. The summed E-state index contributed by atoms with van der Waals surface area (Å²) in [5.41, 5.74) is -2.55. The minimum Gasteiger partial charge on any atom is -0.356 e. The molecule has 1 atom stereocenters. The molecule has 0 aromatic carbocycles. The van der Waals surface area contributed by atoms with Crippen LogP contribution in [0.4, 0.5) is 13.2 Å². The van der Waals surface area contributed by atoms with Crippen LogP contribution in [0.2, 0.25) is 0 Å². The predicted octanol–water partition coefficient (Wildman–Crippen LogP) is 1.24. The van der Waals surface area contributed by atoms with Gasteiger partial charge in [0.2, 0.25) is 11.8 Å². The Labute approximate surface area is 142 Å². The molecule has 25 heavy (non-hydrogen) atoms. The first-order chi connectivity index (χ1) is 11.7. The molecule has 0 bridgehead atoms. The zero-order valence-corrected chi connectivity index (χ0v) is 13.8. The molecule has 0 radical (unpaired) electrons. The molecule has 0 aliphatic carbocycles. The number of nitrogens with one attached hydrogen (secondary N) is 1. The zero-order valence-electron chi connectivity index (χ0n) is 13.8. The lowest BCUT2D eigenvalue weighted by Gasteiger charge is -2.32. The summed E-state index contributed by atoms with van der Waals surface area (Å²) in [7, 11) is 0. The number of rotatable bonds is 4. The molecular formula is C16H20F3N3O3. The number of hydrogen-bond acceptors (Lipinski definition) is 3. The molecule has 1 fully saturated rings. The van der Waals surface area contributed by atoms with E-state index in [1.165, 1.54) is 4.90 Å². The van der Waals surface area contributed by atoms with Gasteiger partial charge in [0, 0.05) is 25.8 Å². The minimum atomic E-state index is -4.77. The average Bonchev–Trinajstić information content (AvgIpc) is 2.56. The van der Waals surface area contributed by atoms with Crippen molar-refractivity contribution in [3.63, 3.8) is 0 Å². The third-order valence-corrected chi connectivity index (χ3v) is 4.13. The number of piperidine rings is 1. The molecule has 1 N–H and O–H groups in total. The van der Waals surface area contributed by atoms with Crippen LogP contribution in [0.25, 0.3) is 0 Å². The van der Waals surface area contributed by atoms with Crippen LogP contribution in [0.15, 0.2) is 23.1 Å². The number of amides is 2. The first kappa shape index (κ1) is 19.0. The highest BCUT2D eigenvalue weighted by molar-refractivity contribution is 5.81. The fraction of sp³-hybridized carbons (Fsp3) is 0.562. The fourth-order valence-electron chi connectivity index (χ4n) is 2.86. The monoisotopic (exact) mass is 359 g/mol. The van der Waals surface area contributed by atoms with E-state index in [2.05, 4.69) is 5.32 Å². The number of hydrogen-bond donors (Lipinski definition) is 1. The highest BCUT2D eigenvalue weighted by atomic mass is 19.4. The van der Waals surface area contributed by atoms with Crippen LogP contribution >= 0.6 is 0 Å². The molecule has 1 saturated heterocycles. The van der Waals surface area contributed by atoms with Gasteiger partial charge in [-0.3, -0.25) is 14.4 Å². The minimum absolute atomic E-state index is 0.142. The zero-order chi connectivity index (χ0) is 18.6. The SMILES string of the molecule is CCNC(=O)C1CCCN(C(=O)Cn2cccc(C(F)(F)F)c2=O)C1. The van der Waals surface area contributed by atoms with Crippen molar-refractivity contribution in [1.29, 1.82) is 0 Å². The van der Waals surface area contributed by atoms with E-state index in [0.717, 1.165) is 16.8 Å². The number of pyridine rings is 1. The third kappa shape index (κ3) is 4.61. The van der Waals surface area contributed by atoms with Crippen molar-refractivity contribution >= 4 is 11.8 Å². The van der Waals surface area contributed by atoms with Gasteiger partial charge in [-0.2, -0.15) is 13.2 Å². The Hall–Kier alpha value is -2.32. The van der Waals surface area contributed by atoms with E-state index < -0.39 is 29.8 Å². The molecule has 1 unspecified atom stereocenters. The Morgan fingerprint density at radius 1 is 1.36 bits per heavy atom. The maximum atomic E-state index is 12.8. The van der Waals surface area contributed by atoms with Crippen LogP contribution in [-0.4, -0.2) is 40.9 Å². The summed E-state index contributed by atoms with van der Waals surface area (Å²) in [6.45, 7) is 2.43. The van der Waals surface area contributed by atoms with Crippen molar-refractivity contribution in [2.75, 3.05) is 19.6 Å². The Kier molecular flexibility index (Phi) is 5.86. The van der Waals surface area contributed by atoms with Gasteiger partial charge in [0.15, 0.2) is 0 Å². The number of carbonyl (C=O) groups excluding carboxylic acids is 2. The quantitative estimate of drug-likeness (QED) is 0.879. The van der Waals surface area contributed by atoms with E-state index >= 15 is 0 Å². The molecule has 1 aliphatic rings. The highest BCUT2D eigenvalue weighted by Crippen LogP contribution is 2.26. The number of nitrogens with zero attached hydrogens (tertiary/aromatic N) is 2. The van der Waals surface area contributed by atoms with Crippen LogP contribution in [0, 0.1) is 5.92 Å². The second-order valence-corrected chi connectivity index (χ2v) is 5.93. The van der Waals surface area contributed by atoms with Crippen molar-refractivity contribution in [1.82, 2.24) is 14.8 Å². The molecule has 2 rings (SSSR count). The number of aromatic nitrogens is 1. The summed E-state index contributed by atoms with van der Waals surface area (Å²) in [5, 5.41) is 2.70. The van der Waals surface area contributed by atoms with Gasteiger partial charge in [0.1, 0.15) is 12.1 Å². The first-order valence-electron chi connectivity index (χ1n) is 8.06. The molecule has 0 spiro atoms. The van der Waals surface area contributed by atoms with Gasteiger partial charge in [0.05, 0.1) is 5.92 Å². The van der Waals surface area contributed by atoms with Gasteiger partial charge in [-0.1, -0.05) is 0 Å². The van der Waals surface area contributed by atoms with Gasteiger partial charge in [0.25, 0.3) is 5.56 Å². The van der Waals surface area contributed by atoms with E-state index in [-0.39, 0.29) is 18.4 Å². The highest BCUT2D eigenvalue weighted by Gasteiger charge is 2.34. The Bertz CT molecular complexity index is 700. The maximum Gasteiger partial charge on any atom is 0.421 e. The van der Waals surface area contributed by atoms with Crippen molar-refractivity contribution in [3.05, 3.63) is 34.2 Å². The predicted molar refractivity (Wildman–Crippen MR) is 83.7 cm³/mol. The van der Waals surface area contributed by atoms with Gasteiger partial charge < -0.3 is 14.8 Å². The van der Waals surface area contributed by atoms with Gasteiger partial charge >= 0.3 is 6.18 Å². The second kappa shape index (κ2) is 7.71. The summed E-state index contributed by atoms with van der Waals surface area (Å²) in [5.74, 6) is -0.956. The fourth-order valence-corrected chi connectivity index (χ4v) is 2.86. The third-order valence-electron chi connectivity index (χ3n) is 4.13. The van der Waals surface area contributed by atoms with Crippen molar-refractivity contribution in [3.8, 4) is 0 Å². The molecule has 1 aromatic rings. The average molecular weight is 359 g/mol. The van der Waals surface area contributed by atoms with Gasteiger partial charge in [-0.25, -0.2) is 0 Å². The van der Waals surface area contributed by atoms with Gasteiger partial charge in [-0.05, 0) is 31.9 Å². The van der Waals surface area contributed by atoms with Crippen molar-refractivity contribution in [2.24, 2.45) is 5.92 Å². The molecule has 0 saturated carbocycles. The van der Waals surface area contributed by atoms with Crippen molar-refractivity contribution in [2.45, 2.75) is 32.5 Å². The molecule has 2 amide bonds. The largest absolute Gasteiger partial charge is 0.421 e. The number of halogens is 3. The topological polar surface area (TPSA) is 71.4 Å². The summed E-state index contributed by atoms with van der Waals surface area (Å²) >= 11 is 0. The summed E-state index contributed by atoms with van der Waals surface area (Å²) in [6.07, 6.45) is -2.33. The lowest BCUT2D eigenvalue weighted by molar-refractivity contribution is -0.140. The number of likely N-dealkylation sites (tertiary alicyclic amines) is 1. The van der Waals surface area contributed by atoms with Crippen LogP contribution in [0.5, 0.6) is 0 Å². The van der Waals surface area contributed by atoms with Crippen LogP contribution in [-0.2, 0) is 22.3 Å². The van der Waals surface area contributed by atoms with Gasteiger partial charge in [-0.15, -0.1) is 0 Å². The molecule has 6 nitrogen and oxygen atoms in total. The Morgan fingerprint density at radius 2 is 2.08 bits per heavy atom. The van der Waals surface area contributed by atoms with E-state index in [0.29, 0.717) is 32.0 Å². The van der Waals surface area contributed by atoms with E-state index in [4.69, 9.17) is 0 Å². The normalized spacial score (nSPS) is 18.1. The first-order valence-corrected chi connectivity index (χ1v) is 8.06. The Balaban J connectivity index is 2.10. The van der Waals surface area contributed by atoms with Crippen molar-refractivity contribution < 1.29 is 22.8 Å². The van der Waals surface area contributed by atoms with Crippen LogP contribution in [0.1, 0.15) is 25.3 Å². The van der Waals surface area contributed by atoms with E-state index in [9.17, 15) is 27.6 Å². The summed E-state index contributed by atoms with van der Waals surface area (Å²) < 4.78 is 39.1. The molecule has 1 aromatic heterocycles. The maximum absolute atomic E-state index is 12.8. The van der Waals surface area contributed by atoms with Crippen LogP contribution < -0.4 is 10.9 Å². The standard InChI is InChI=1S/C16H20F3N3O3/c1-2-20-14(24)11-5-3-7-21(9-11)13(23)10-22-8-4-6-12(15(22)25)16(17,18)19/h4,6,8,11H,2-3,5,7,9-10H2,1H3,(H,20,24). The smallest absolute Gasteiger partial charge is 0.356 e. The molecular weight excluding hydrogens is 339 g/mol.